The van der Waals surface area contributed by atoms with Gasteiger partial charge in [-0.05, 0) is 80.5 Å². The third-order valence-electron chi connectivity index (χ3n) is 7.89. The maximum atomic E-state index is 4.26. The number of hydrogen-bond donors (Lipinski definition) is 1. The van der Waals surface area contributed by atoms with Gasteiger partial charge in [-0.2, -0.15) is 0 Å². The first-order valence-corrected chi connectivity index (χ1v) is 9.85. The smallest absolute Gasteiger partial charge is 0.0420 e. The molecule has 0 aromatic heterocycles. The van der Waals surface area contributed by atoms with Crippen molar-refractivity contribution in [3.63, 3.8) is 0 Å². The summed E-state index contributed by atoms with van der Waals surface area (Å²) in [7, 11) is 0. The molecule has 2 aliphatic heterocycles. The highest BCUT2D eigenvalue weighted by Crippen LogP contribution is 2.64. The van der Waals surface area contributed by atoms with Gasteiger partial charge in [0.15, 0.2) is 0 Å². The summed E-state index contributed by atoms with van der Waals surface area (Å²) in [4.78, 5) is 2.77. The highest BCUT2D eigenvalue weighted by atomic mass is 15.1. The molecular formula is C22H30N2. The molecule has 24 heavy (non-hydrogen) atoms. The average Bonchev–Trinajstić information content (AvgIpc) is 2.56. The first-order chi connectivity index (χ1) is 11.6. The number of anilines is 1. The molecule has 2 nitrogen and oxygen atoms in total. The van der Waals surface area contributed by atoms with Crippen molar-refractivity contribution in [2.75, 3.05) is 25.0 Å². The minimum Gasteiger partial charge on any atom is -0.359 e. The molecule has 1 aromatic carbocycles. The molecule has 1 aromatic rings. The molecule has 3 unspecified atom stereocenters. The fourth-order valence-corrected chi connectivity index (χ4v) is 6.37. The minimum absolute atomic E-state index is 0.333. The van der Waals surface area contributed by atoms with Gasteiger partial charge in [0.05, 0.1) is 0 Å². The quantitative estimate of drug-likeness (QED) is 0.842. The lowest BCUT2D eigenvalue weighted by atomic mass is 9.43. The number of piperidine rings is 1. The Labute approximate surface area is 146 Å². The third kappa shape index (κ3) is 2.12. The molecule has 0 bridgehead atoms. The Hall–Kier alpha value is -1.28. The van der Waals surface area contributed by atoms with Crippen LogP contribution < -0.4 is 5.32 Å². The predicted molar refractivity (Wildman–Crippen MR) is 100 cm³/mol. The largest absolute Gasteiger partial charge is 0.359 e. The fraction of sp³-hybridized carbons (Fsp3) is 0.636. The summed E-state index contributed by atoms with van der Waals surface area (Å²) in [6.45, 7) is 10.7. The van der Waals surface area contributed by atoms with E-state index < -0.39 is 0 Å². The van der Waals surface area contributed by atoms with Crippen molar-refractivity contribution < 1.29 is 0 Å². The summed E-state index contributed by atoms with van der Waals surface area (Å²) in [5, 5.41) is 3.51. The van der Waals surface area contributed by atoms with E-state index in [1.807, 2.05) is 0 Å². The molecule has 3 atom stereocenters. The van der Waals surface area contributed by atoms with Gasteiger partial charge in [0, 0.05) is 23.3 Å². The number of fused-ring (bicyclic) bond motifs is 3. The molecule has 2 saturated carbocycles. The van der Waals surface area contributed by atoms with Crippen molar-refractivity contribution in [1.82, 2.24) is 4.90 Å². The van der Waals surface area contributed by atoms with Crippen LogP contribution in [0.5, 0.6) is 0 Å². The lowest BCUT2D eigenvalue weighted by molar-refractivity contribution is -0.130. The Kier molecular flexibility index (Phi) is 3.20. The van der Waals surface area contributed by atoms with Gasteiger partial charge < -0.3 is 10.2 Å². The Morgan fingerprint density at radius 3 is 2.67 bits per heavy atom. The molecule has 2 aliphatic carbocycles. The van der Waals surface area contributed by atoms with Crippen molar-refractivity contribution >= 4 is 5.69 Å². The molecule has 3 fully saturated rings. The van der Waals surface area contributed by atoms with Gasteiger partial charge in [0.25, 0.3) is 0 Å². The summed E-state index contributed by atoms with van der Waals surface area (Å²) in [6, 6.07) is 8.91. The Bertz CT molecular complexity index is 670. The van der Waals surface area contributed by atoms with Crippen LogP contribution in [0.15, 0.2) is 36.5 Å². The van der Waals surface area contributed by atoms with Gasteiger partial charge >= 0.3 is 0 Å². The lowest BCUT2D eigenvalue weighted by Crippen LogP contribution is -2.57. The van der Waals surface area contributed by atoms with Crippen LogP contribution in [0.2, 0.25) is 0 Å². The number of rotatable bonds is 2. The first kappa shape index (κ1) is 15.0. The number of nitrogens with zero attached hydrogens (tertiary/aromatic N) is 1. The second-order valence-electron chi connectivity index (χ2n) is 9.30. The van der Waals surface area contributed by atoms with Crippen molar-refractivity contribution in [2.45, 2.75) is 50.9 Å². The Morgan fingerprint density at radius 1 is 1.21 bits per heavy atom. The maximum absolute atomic E-state index is 4.26. The van der Waals surface area contributed by atoms with Crippen LogP contribution in [0, 0.1) is 17.3 Å². The van der Waals surface area contributed by atoms with E-state index in [2.05, 4.69) is 48.0 Å². The summed E-state index contributed by atoms with van der Waals surface area (Å²) >= 11 is 0. The standard InChI is InChI=1S/C22H30N2/c1-16-13-22(19-5-3-4-6-20(19)23-16)9-11-24(12-10-22)15-17-14-21(2)8-7-18(17)21/h3-6,17-18,23H,1,7-15H2,2H3. The van der Waals surface area contributed by atoms with Gasteiger partial charge in [-0.15, -0.1) is 0 Å². The summed E-state index contributed by atoms with van der Waals surface area (Å²) in [5.41, 5.74) is 5.11. The average molecular weight is 322 g/mol. The van der Waals surface area contributed by atoms with E-state index in [1.54, 1.807) is 0 Å². The highest BCUT2D eigenvalue weighted by Gasteiger charge is 2.56. The molecule has 4 aliphatic rings. The van der Waals surface area contributed by atoms with E-state index in [0.717, 1.165) is 23.7 Å². The van der Waals surface area contributed by atoms with Gasteiger partial charge in [0.2, 0.25) is 0 Å². The highest BCUT2D eigenvalue weighted by molar-refractivity contribution is 5.61. The number of para-hydroxylation sites is 1. The molecule has 1 N–H and O–H groups in total. The normalized spacial score (nSPS) is 37.0. The topological polar surface area (TPSA) is 15.3 Å². The van der Waals surface area contributed by atoms with Gasteiger partial charge in [0.1, 0.15) is 0 Å². The monoisotopic (exact) mass is 322 g/mol. The zero-order valence-corrected chi connectivity index (χ0v) is 15.0. The van der Waals surface area contributed by atoms with E-state index in [1.165, 1.54) is 68.7 Å². The van der Waals surface area contributed by atoms with Crippen LogP contribution in [-0.2, 0) is 5.41 Å². The number of likely N-dealkylation sites (tertiary alicyclic amines) is 1. The van der Waals surface area contributed by atoms with Crippen molar-refractivity contribution in [2.24, 2.45) is 17.3 Å². The number of nitrogens with one attached hydrogen (secondary N) is 1. The predicted octanol–water partition coefficient (Wildman–Crippen LogP) is 4.79. The van der Waals surface area contributed by atoms with Crippen LogP contribution in [0.25, 0.3) is 0 Å². The summed E-state index contributed by atoms with van der Waals surface area (Å²) < 4.78 is 0. The molecule has 128 valence electrons. The number of hydrogen-bond acceptors (Lipinski definition) is 2. The van der Waals surface area contributed by atoms with Crippen LogP contribution >= 0.6 is 0 Å². The molecule has 5 rings (SSSR count). The molecule has 2 heterocycles. The van der Waals surface area contributed by atoms with Crippen molar-refractivity contribution in [1.29, 1.82) is 0 Å². The van der Waals surface area contributed by atoms with E-state index in [0.29, 0.717) is 5.41 Å². The second kappa shape index (κ2) is 5.11. The zero-order chi connectivity index (χ0) is 16.4. The van der Waals surface area contributed by atoms with Crippen LogP contribution in [0.3, 0.4) is 0 Å². The first-order valence-electron chi connectivity index (χ1n) is 9.85. The number of benzene rings is 1. The molecule has 2 heteroatoms. The lowest BCUT2D eigenvalue weighted by Gasteiger charge is -2.63. The van der Waals surface area contributed by atoms with Gasteiger partial charge in [-0.3, -0.25) is 0 Å². The third-order valence-corrected chi connectivity index (χ3v) is 7.89. The van der Waals surface area contributed by atoms with Crippen LogP contribution in [-0.4, -0.2) is 24.5 Å². The second-order valence-corrected chi connectivity index (χ2v) is 9.30. The molecule has 1 spiro atoms. The van der Waals surface area contributed by atoms with Crippen molar-refractivity contribution in [3.8, 4) is 0 Å². The van der Waals surface area contributed by atoms with Crippen LogP contribution in [0.4, 0.5) is 5.69 Å². The number of allylic oxidation sites excluding steroid dienone is 1. The SMILES string of the molecule is C=C1CC2(CCN(CC3CC4(C)CCC34)CC2)c2ccccc2N1. The van der Waals surface area contributed by atoms with E-state index in [-0.39, 0.29) is 0 Å². The molecule has 0 radical (unpaired) electrons. The molecule has 1 saturated heterocycles. The van der Waals surface area contributed by atoms with E-state index in [4.69, 9.17) is 0 Å². The van der Waals surface area contributed by atoms with E-state index >= 15 is 0 Å². The summed E-state index contributed by atoms with van der Waals surface area (Å²) in [6.07, 6.45) is 8.17. The molecule has 0 amide bonds. The Morgan fingerprint density at radius 2 is 2.00 bits per heavy atom. The molecular weight excluding hydrogens is 292 g/mol. The maximum Gasteiger partial charge on any atom is 0.0420 e. The Balaban J connectivity index is 1.28. The van der Waals surface area contributed by atoms with E-state index in [9.17, 15) is 0 Å². The van der Waals surface area contributed by atoms with Crippen LogP contribution in [0.1, 0.15) is 51.0 Å². The fourth-order valence-electron chi connectivity index (χ4n) is 6.37. The van der Waals surface area contributed by atoms with Gasteiger partial charge in [-0.25, -0.2) is 0 Å². The van der Waals surface area contributed by atoms with Crippen molar-refractivity contribution in [3.05, 3.63) is 42.1 Å². The summed E-state index contributed by atoms with van der Waals surface area (Å²) in [5.74, 6) is 2.04. The zero-order valence-electron chi connectivity index (χ0n) is 15.0. The minimum atomic E-state index is 0.333. The van der Waals surface area contributed by atoms with Gasteiger partial charge in [-0.1, -0.05) is 31.7 Å².